The number of nitrogens with two attached hydrogens (primary N) is 2. The molecule has 2 rings (SSSR count). The summed E-state index contributed by atoms with van der Waals surface area (Å²) in [5, 5.41) is 2.75. The summed E-state index contributed by atoms with van der Waals surface area (Å²) in [6.07, 6.45) is 0. The Balaban J connectivity index is 0.00000200. The van der Waals surface area contributed by atoms with Gasteiger partial charge in [0.15, 0.2) is 0 Å². The van der Waals surface area contributed by atoms with E-state index >= 15 is 0 Å². The van der Waals surface area contributed by atoms with Crippen molar-refractivity contribution in [2.24, 2.45) is 0 Å². The van der Waals surface area contributed by atoms with Crippen LogP contribution < -0.4 is 88.4 Å². The number of benzene rings is 1. The summed E-state index contributed by atoms with van der Waals surface area (Å²) in [6.45, 7) is 0. The number of hydrogen-bond donors (Lipinski definition) is 3. The average Bonchev–Trinajstić information content (AvgIpc) is 2.26. The summed E-state index contributed by atoms with van der Waals surface area (Å²) in [5.74, 6) is 0.0347. The molecular formula is C9H9AsN6Na2O3. The van der Waals surface area contributed by atoms with Gasteiger partial charge in [-0.3, -0.25) is 0 Å². The third kappa shape index (κ3) is 6.27. The number of rotatable bonds is 3. The summed E-state index contributed by atoms with van der Waals surface area (Å²) in [5.41, 5.74) is 11.3. The van der Waals surface area contributed by atoms with Crippen LogP contribution in [-0.4, -0.2) is 29.1 Å². The quantitative estimate of drug-likeness (QED) is 0.445. The standard InChI is InChI=1S/C9H11AsN6O3.2Na/c11-7-14-8(12)16-9(15-7)13-6-3-1-5(2-4-6)10(17,18)19;;/h1-4H,(H2,17,18,19)(H5,11,12,13,14,15,16);;/q;2*+1/p-2. The minimum Gasteiger partial charge on any atom is 1.00 e. The van der Waals surface area contributed by atoms with Crippen molar-refractivity contribution in [1.82, 2.24) is 15.0 Å². The van der Waals surface area contributed by atoms with Crippen molar-refractivity contribution >= 4 is 42.1 Å². The largest absolute Gasteiger partial charge is 1.00 e. The molecule has 0 aliphatic heterocycles. The molecule has 1 aromatic heterocycles. The average molecular weight is 370 g/mol. The Morgan fingerprint density at radius 1 is 0.952 bits per heavy atom. The molecule has 2 aromatic rings. The first-order valence-corrected chi connectivity index (χ1v) is 8.25. The van der Waals surface area contributed by atoms with Crippen molar-refractivity contribution in [2.45, 2.75) is 0 Å². The van der Waals surface area contributed by atoms with E-state index in [1.54, 1.807) is 0 Å². The molecule has 12 heteroatoms. The van der Waals surface area contributed by atoms with Crippen molar-refractivity contribution in [3.63, 3.8) is 0 Å². The van der Waals surface area contributed by atoms with Gasteiger partial charge in [0.05, 0.1) is 0 Å². The first-order chi connectivity index (χ1) is 8.84. The van der Waals surface area contributed by atoms with Gasteiger partial charge in [0.1, 0.15) is 0 Å². The molecule has 0 saturated carbocycles. The van der Waals surface area contributed by atoms with E-state index in [0.29, 0.717) is 5.69 Å². The van der Waals surface area contributed by atoms with E-state index in [9.17, 15) is 11.9 Å². The van der Waals surface area contributed by atoms with Gasteiger partial charge in [0.25, 0.3) is 0 Å². The van der Waals surface area contributed by atoms with Gasteiger partial charge in [0, 0.05) is 0 Å². The van der Waals surface area contributed by atoms with Crippen molar-refractivity contribution in [1.29, 1.82) is 0 Å². The topological polar surface area (TPSA) is 166 Å². The van der Waals surface area contributed by atoms with Crippen LogP contribution in [0.5, 0.6) is 0 Å². The molecule has 0 aliphatic carbocycles. The number of anilines is 4. The second-order valence-corrected chi connectivity index (χ2v) is 6.72. The second-order valence-electron chi connectivity index (χ2n) is 3.54. The number of nitrogen functional groups attached to an aromatic ring is 2. The third-order valence-electron chi connectivity index (χ3n) is 2.11. The van der Waals surface area contributed by atoms with Crippen LogP contribution in [0, 0.1) is 0 Å². The Morgan fingerprint density at radius 2 is 1.43 bits per heavy atom. The molecule has 21 heavy (non-hydrogen) atoms. The summed E-state index contributed by atoms with van der Waals surface area (Å²) in [6, 6.07) is 5.23. The van der Waals surface area contributed by atoms with E-state index in [0.717, 1.165) is 0 Å². The first-order valence-electron chi connectivity index (χ1n) is 5.01. The Bertz CT molecular complexity index is 630. The van der Waals surface area contributed by atoms with Crippen LogP contribution in [0.15, 0.2) is 24.3 Å². The van der Waals surface area contributed by atoms with Gasteiger partial charge in [-0.15, -0.1) is 0 Å². The predicted octanol–water partition coefficient (Wildman–Crippen LogP) is -8.92. The van der Waals surface area contributed by atoms with Crippen LogP contribution in [0.3, 0.4) is 0 Å². The molecule has 0 fully saturated rings. The minimum atomic E-state index is -5.36. The van der Waals surface area contributed by atoms with Crippen LogP contribution in [0.4, 0.5) is 23.5 Å². The van der Waals surface area contributed by atoms with Crippen LogP contribution >= 0.6 is 0 Å². The second kappa shape index (κ2) is 8.52. The number of nitrogens with one attached hydrogen (secondary N) is 1. The zero-order chi connectivity index (χ0) is 14.0. The molecule has 0 unspecified atom stereocenters. The van der Waals surface area contributed by atoms with Gasteiger partial charge in [-0.25, -0.2) is 0 Å². The van der Waals surface area contributed by atoms with Crippen molar-refractivity contribution in [3.8, 4) is 0 Å². The third-order valence-corrected chi connectivity index (χ3v) is 4.06. The molecule has 9 nitrogen and oxygen atoms in total. The normalized spacial score (nSPS) is 10.2. The van der Waals surface area contributed by atoms with E-state index in [1.165, 1.54) is 24.3 Å². The number of nitrogens with zero attached hydrogens (tertiary/aromatic N) is 3. The molecule has 5 N–H and O–H groups in total. The number of hydrogen-bond acceptors (Lipinski definition) is 9. The van der Waals surface area contributed by atoms with Crippen molar-refractivity contribution in [3.05, 3.63) is 24.3 Å². The van der Waals surface area contributed by atoms with Crippen LogP contribution in [0.2, 0.25) is 0 Å². The van der Waals surface area contributed by atoms with E-state index in [1.807, 2.05) is 0 Å². The van der Waals surface area contributed by atoms with Gasteiger partial charge in [-0.1, -0.05) is 0 Å². The Kier molecular flexibility index (Phi) is 8.48. The molecule has 0 spiro atoms. The van der Waals surface area contributed by atoms with Gasteiger partial charge in [-0.2, -0.15) is 0 Å². The fraction of sp³-hybridized carbons (Fsp3) is 0. The van der Waals surface area contributed by atoms with Crippen LogP contribution in [0.1, 0.15) is 0 Å². The van der Waals surface area contributed by atoms with Crippen LogP contribution in [-0.2, 0) is 3.74 Å². The summed E-state index contributed by atoms with van der Waals surface area (Å²) >= 11 is -5.36. The monoisotopic (exact) mass is 370 g/mol. The van der Waals surface area contributed by atoms with E-state index < -0.39 is 14.2 Å². The van der Waals surface area contributed by atoms with Gasteiger partial charge < -0.3 is 0 Å². The van der Waals surface area contributed by atoms with E-state index in [4.69, 9.17) is 11.5 Å². The molecule has 0 radical (unpaired) electrons. The van der Waals surface area contributed by atoms with Crippen molar-refractivity contribution in [2.75, 3.05) is 16.8 Å². The van der Waals surface area contributed by atoms with E-state index in [2.05, 4.69) is 20.3 Å². The zero-order valence-electron chi connectivity index (χ0n) is 11.5. The van der Waals surface area contributed by atoms with Gasteiger partial charge >= 0.3 is 169 Å². The smallest absolute Gasteiger partial charge is 1.00 e. The van der Waals surface area contributed by atoms with Crippen LogP contribution in [0.25, 0.3) is 0 Å². The Labute approximate surface area is 167 Å². The fourth-order valence-corrected chi connectivity index (χ4v) is 2.40. The molecule has 0 bridgehead atoms. The van der Waals surface area contributed by atoms with Crippen molar-refractivity contribution < 1.29 is 71.0 Å². The summed E-state index contributed by atoms with van der Waals surface area (Å²) in [7, 11) is 0. The molecular weight excluding hydrogens is 361 g/mol. The molecule has 0 saturated heterocycles. The maximum atomic E-state index is 10.8. The Hall–Kier alpha value is -0.0916. The first kappa shape index (κ1) is 20.9. The van der Waals surface area contributed by atoms with Gasteiger partial charge in [-0.05, 0) is 0 Å². The molecule has 0 amide bonds. The fourth-order valence-electron chi connectivity index (χ4n) is 1.32. The maximum Gasteiger partial charge on any atom is 1.00 e. The van der Waals surface area contributed by atoms with Gasteiger partial charge in [0.2, 0.25) is 0 Å². The molecule has 1 heterocycles. The zero-order valence-corrected chi connectivity index (χ0v) is 17.4. The SMILES string of the molecule is Nc1nc(N)nc(Nc2ccc([As](=O)([O-])[O-])cc2)n1.[Na+].[Na+]. The summed E-state index contributed by atoms with van der Waals surface area (Å²) < 4.78 is 32.3. The van der Waals surface area contributed by atoms with E-state index in [-0.39, 0.29) is 81.3 Å². The predicted molar refractivity (Wildman–Crippen MR) is 64.5 cm³/mol. The molecule has 0 atom stereocenters. The molecule has 100 valence electrons. The molecule has 0 aliphatic rings. The number of aromatic nitrogens is 3. The minimum absolute atomic E-state index is 0. The molecule has 1 aromatic carbocycles. The Morgan fingerprint density at radius 3 is 1.86 bits per heavy atom. The maximum absolute atomic E-state index is 10.8. The summed E-state index contributed by atoms with van der Waals surface area (Å²) in [4.78, 5) is 11.2.